The summed E-state index contributed by atoms with van der Waals surface area (Å²) in [5.41, 5.74) is 0. The van der Waals surface area contributed by atoms with E-state index >= 15 is 0 Å². The summed E-state index contributed by atoms with van der Waals surface area (Å²) in [6.07, 6.45) is 0. The number of hydrogen-bond donors (Lipinski definition) is 1. The van der Waals surface area contributed by atoms with Gasteiger partial charge in [-0.2, -0.15) is 0 Å². The van der Waals surface area contributed by atoms with Gasteiger partial charge in [0, 0.05) is 6.54 Å². The van der Waals surface area contributed by atoms with Gasteiger partial charge in [-0.1, -0.05) is 6.92 Å². The molecule has 0 amide bonds. The first kappa shape index (κ1) is 13.5. The van der Waals surface area contributed by atoms with Crippen LogP contribution in [0, 0.1) is 0 Å². The molecule has 0 saturated heterocycles. The molecule has 11 heavy (non-hydrogen) atoms. The molecule has 0 bridgehead atoms. The standard InChI is InChI=1S/C4H11NO.C4H11N/c1-5(2)3-4-6;1-4-5(2)3/h6H,3-4H2,1-2H3;4H2,1-3H3. The zero-order valence-electron chi connectivity index (χ0n) is 8.46. The highest BCUT2D eigenvalue weighted by molar-refractivity contribution is 4.34. The summed E-state index contributed by atoms with van der Waals surface area (Å²) in [7, 11) is 7.96. The molecule has 70 valence electrons. The molecule has 1 N–H and O–H groups in total. The largest absolute Gasteiger partial charge is 0.395 e. The van der Waals surface area contributed by atoms with Crippen molar-refractivity contribution >= 4 is 0 Å². The molecule has 3 heteroatoms. The lowest BCUT2D eigenvalue weighted by atomic mass is 10.6. The third kappa shape index (κ3) is 25.8. The van der Waals surface area contributed by atoms with Crippen molar-refractivity contribution in [1.82, 2.24) is 9.80 Å². The summed E-state index contributed by atoms with van der Waals surface area (Å²) < 4.78 is 0. The number of likely N-dealkylation sites (N-methyl/N-ethyl adjacent to an activating group) is 1. The summed E-state index contributed by atoms with van der Waals surface area (Å²) in [6.45, 7) is 4.28. The highest BCUT2D eigenvalue weighted by Crippen LogP contribution is 1.66. The third-order valence-electron chi connectivity index (χ3n) is 1.18. The average Bonchev–Trinajstić information content (AvgIpc) is 1.89. The minimum absolute atomic E-state index is 0.257. The first-order chi connectivity index (χ1) is 5.04. The van der Waals surface area contributed by atoms with Gasteiger partial charge >= 0.3 is 0 Å². The highest BCUT2D eigenvalue weighted by atomic mass is 16.3. The Bertz CT molecular complexity index is 65.1. The predicted octanol–water partition coefficient (Wildman–Crippen LogP) is 0.108. The molecule has 0 saturated carbocycles. The topological polar surface area (TPSA) is 26.7 Å². The SMILES string of the molecule is CCN(C)C.CN(C)CCO. The van der Waals surface area contributed by atoms with Gasteiger partial charge < -0.3 is 14.9 Å². The molecule has 3 nitrogen and oxygen atoms in total. The normalized spacial score (nSPS) is 9.82. The number of hydrogen-bond acceptors (Lipinski definition) is 3. The van der Waals surface area contributed by atoms with Crippen molar-refractivity contribution in [1.29, 1.82) is 0 Å². The molecule has 0 aliphatic carbocycles. The summed E-state index contributed by atoms with van der Waals surface area (Å²) in [4.78, 5) is 4.06. The van der Waals surface area contributed by atoms with Crippen molar-refractivity contribution in [2.45, 2.75) is 6.92 Å². The van der Waals surface area contributed by atoms with Crippen LogP contribution in [0.5, 0.6) is 0 Å². The van der Waals surface area contributed by atoms with Crippen molar-refractivity contribution in [3.8, 4) is 0 Å². The highest BCUT2D eigenvalue weighted by Gasteiger charge is 1.80. The van der Waals surface area contributed by atoms with Crippen LogP contribution in [0.15, 0.2) is 0 Å². The van der Waals surface area contributed by atoms with E-state index in [1.165, 1.54) is 0 Å². The van der Waals surface area contributed by atoms with Gasteiger partial charge in [-0.25, -0.2) is 0 Å². The van der Waals surface area contributed by atoms with E-state index in [9.17, 15) is 0 Å². The smallest absolute Gasteiger partial charge is 0.0558 e. The maximum atomic E-state index is 8.20. The lowest BCUT2D eigenvalue weighted by molar-refractivity contribution is 0.243. The monoisotopic (exact) mass is 162 g/mol. The van der Waals surface area contributed by atoms with Crippen LogP contribution in [0.25, 0.3) is 0 Å². The van der Waals surface area contributed by atoms with Crippen LogP contribution in [-0.2, 0) is 0 Å². The Balaban J connectivity index is 0. The van der Waals surface area contributed by atoms with Crippen LogP contribution in [0.1, 0.15) is 6.92 Å². The van der Waals surface area contributed by atoms with Crippen molar-refractivity contribution in [2.24, 2.45) is 0 Å². The Morgan fingerprint density at radius 1 is 1.00 bits per heavy atom. The number of aliphatic hydroxyl groups excluding tert-OH is 1. The zero-order valence-corrected chi connectivity index (χ0v) is 8.46. The van der Waals surface area contributed by atoms with Crippen LogP contribution in [-0.4, -0.2) is 62.8 Å². The van der Waals surface area contributed by atoms with Gasteiger partial charge in [-0.05, 0) is 34.7 Å². The fourth-order valence-corrected chi connectivity index (χ4v) is 0.200. The molecule has 0 spiro atoms. The zero-order chi connectivity index (χ0) is 9.28. The van der Waals surface area contributed by atoms with Crippen molar-refractivity contribution in [3.63, 3.8) is 0 Å². The fraction of sp³-hybridized carbons (Fsp3) is 1.00. The summed E-state index contributed by atoms with van der Waals surface area (Å²) in [6, 6.07) is 0. The average molecular weight is 162 g/mol. The van der Waals surface area contributed by atoms with Crippen LogP contribution in [0.3, 0.4) is 0 Å². The molecule has 0 aliphatic heterocycles. The summed E-state index contributed by atoms with van der Waals surface area (Å²) in [5, 5.41) is 8.20. The Morgan fingerprint density at radius 2 is 1.36 bits per heavy atom. The maximum absolute atomic E-state index is 8.20. The molecule has 0 unspecified atom stereocenters. The second-order valence-electron chi connectivity index (χ2n) is 2.92. The molecular weight excluding hydrogens is 140 g/mol. The van der Waals surface area contributed by atoms with E-state index in [2.05, 4.69) is 25.9 Å². The molecule has 0 aromatic carbocycles. The number of nitrogens with zero attached hydrogens (tertiary/aromatic N) is 2. The molecule has 0 aromatic rings. The van der Waals surface area contributed by atoms with Crippen molar-refractivity contribution < 1.29 is 5.11 Å². The molecular formula is C8H22N2O. The van der Waals surface area contributed by atoms with Gasteiger partial charge in [0.05, 0.1) is 6.61 Å². The predicted molar refractivity (Wildman–Crippen MR) is 49.9 cm³/mol. The Kier molecular flexibility index (Phi) is 12.1. The lowest BCUT2D eigenvalue weighted by Gasteiger charge is -2.03. The molecule has 0 heterocycles. The summed E-state index contributed by atoms with van der Waals surface area (Å²) >= 11 is 0. The molecule has 0 aromatic heterocycles. The Morgan fingerprint density at radius 3 is 1.36 bits per heavy atom. The molecule has 0 fully saturated rings. The van der Waals surface area contributed by atoms with Crippen LogP contribution < -0.4 is 0 Å². The minimum Gasteiger partial charge on any atom is -0.395 e. The van der Waals surface area contributed by atoms with Gasteiger partial charge in [0.25, 0.3) is 0 Å². The Hall–Kier alpha value is -0.120. The number of aliphatic hydroxyl groups is 1. The van der Waals surface area contributed by atoms with Gasteiger partial charge in [0.15, 0.2) is 0 Å². The van der Waals surface area contributed by atoms with E-state index in [4.69, 9.17) is 5.11 Å². The first-order valence-electron chi connectivity index (χ1n) is 3.94. The summed E-state index contributed by atoms with van der Waals surface area (Å²) in [5.74, 6) is 0. The van der Waals surface area contributed by atoms with Crippen LogP contribution in [0.4, 0.5) is 0 Å². The fourth-order valence-electron chi connectivity index (χ4n) is 0.200. The van der Waals surface area contributed by atoms with E-state index in [-0.39, 0.29) is 6.61 Å². The molecule has 0 aliphatic rings. The second kappa shape index (κ2) is 9.88. The maximum Gasteiger partial charge on any atom is 0.0558 e. The van der Waals surface area contributed by atoms with Crippen molar-refractivity contribution in [3.05, 3.63) is 0 Å². The van der Waals surface area contributed by atoms with Crippen LogP contribution in [0.2, 0.25) is 0 Å². The van der Waals surface area contributed by atoms with Gasteiger partial charge in [-0.3, -0.25) is 0 Å². The van der Waals surface area contributed by atoms with Gasteiger partial charge in [0.2, 0.25) is 0 Å². The van der Waals surface area contributed by atoms with E-state index in [0.29, 0.717) is 0 Å². The van der Waals surface area contributed by atoms with E-state index in [1.807, 2.05) is 19.0 Å². The van der Waals surface area contributed by atoms with Crippen molar-refractivity contribution in [2.75, 3.05) is 47.9 Å². The molecule has 0 atom stereocenters. The van der Waals surface area contributed by atoms with Gasteiger partial charge in [0.1, 0.15) is 0 Å². The van der Waals surface area contributed by atoms with E-state index in [1.54, 1.807) is 0 Å². The Labute approximate surface area is 70.6 Å². The quantitative estimate of drug-likeness (QED) is 0.638. The molecule has 0 rings (SSSR count). The number of rotatable bonds is 3. The second-order valence-corrected chi connectivity index (χ2v) is 2.92. The molecule has 0 radical (unpaired) electrons. The minimum atomic E-state index is 0.257. The first-order valence-corrected chi connectivity index (χ1v) is 3.94. The van der Waals surface area contributed by atoms with Gasteiger partial charge in [-0.15, -0.1) is 0 Å². The lowest BCUT2D eigenvalue weighted by Crippen LogP contribution is -2.15. The van der Waals surface area contributed by atoms with Crippen LogP contribution >= 0.6 is 0 Å². The third-order valence-corrected chi connectivity index (χ3v) is 1.18. The van der Waals surface area contributed by atoms with E-state index in [0.717, 1.165) is 13.1 Å². The van der Waals surface area contributed by atoms with E-state index < -0.39 is 0 Å².